The van der Waals surface area contributed by atoms with Gasteiger partial charge in [0.25, 0.3) is 5.91 Å². The summed E-state index contributed by atoms with van der Waals surface area (Å²) in [5.41, 5.74) is 4.71. The molecule has 3 aromatic carbocycles. The third kappa shape index (κ3) is 4.93. The highest BCUT2D eigenvalue weighted by atomic mass is 35.5. The van der Waals surface area contributed by atoms with Crippen LogP contribution in [0.3, 0.4) is 0 Å². The predicted molar refractivity (Wildman–Crippen MR) is 129 cm³/mol. The molecule has 0 radical (unpaired) electrons. The number of rotatable bonds is 4. The van der Waals surface area contributed by atoms with E-state index in [1.54, 1.807) is 24.3 Å². The minimum Gasteiger partial charge on any atom is -0.436 e. The quantitative estimate of drug-likeness (QED) is 0.353. The molecule has 0 saturated heterocycles. The first kappa shape index (κ1) is 21.0. The molecule has 0 saturated carbocycles. The number of oxazole rings is 1. The smallest absolute Gasteiger partial charge is 0.257 e. The van der Waals surface area contributed by atoms with Gasteiger partial charge in [-0.15, -0.1) is 0 Å². The Balaban J connectivity index is 1.50. The van der Waals surface area contributed by atoms with E-state index in [0.29, 0.717) is 28.1 Å². The molecule has 1 heterocycles. The average Bonchev–Trinajstić information content (AvgIpc) is 3.17. The van der Waals surface area contributed by atoms with Crippen LogP contribution in [0.5, 0.6) is 0 Å². The van der Waals surface area contributed by atoms with Crippen LogP contribution in [0.1, 0.15) is 35.7 Å². The summed E-state index contributed by atoms with van der Waals surface area (Å²) in [4.78, 5) is 17.0. The lowest BCUT2D eigenvalue weighted by molar-refractivity contribution is 0.0977. The van der Waals surface area contributed by atoms with Crippen molar-refractivity contribution in [3.05, 3.63) is 82.9 Å². The molecular formula is C24H20ClN3O2S. The van der Waals surface area contributed by atoms with Crippen molar-refractivity contribution in [2.45, 2.75) is 19.8 Å². The molecule has 2 N–H and O–H groups in total. The standard InChI is InChI=1S/C24H20ClN3O2S/c1-14(2)15-9-10-21-20(13-15)27-23(30-21)17-6-4-8-19(12-17)26-24(31)28-22(29)16-5-3-7-18(25)11-16/h3-14H,1-2H3,(H2,26,28,29,31). The number of halogens is 1. The molecule has 5 nitrogen and oxygen atoms in total. The molecule has 4 aromatic rings. The van der Waals surface area contributed by atoms with Crippen molar-refractivity contribution in [3.63, 3.8) is 0 Å². The normalized spacial score (nSPS) is 11.0. The van der Waals surface area contributed by atoms with Gasteiger partial charge in [-0.3, -0.25) is 10.1 Å². The van der Waals surface area contributed by atoms with E-state index < -0.39 is 0 Å². The highest BCUT2D eigenvalue weighted by Crippen LogP contribution is 2.28. The number of hydrogen-bond acceptors (Lipinski definition) is 4. The van der Waals surface area contributed by atoms with Gasteiger partial charge in [0, 0.05) is 21.8 Å². The molecular weight excluding hydrogens is 430 g/mol. The highest BCUT2D eigenvalue weighted by molar-refractivity contribution is 7.80. The number of amides is 1. The van der Waals surface area contributed by atoms with Crippen molar-refractivity contribution in [2.24, 2.45) is 0 Å². The number of fused-ring (bicyclic) bond motifs is 1. The fourth-order valence-corrected chi connectivity index (χ4v) is 3.53. The Morgan fingerprint density at radius 3 is 2.65 bits per heavy atom. The SMILES string of the molecule is CC(C)c1ccc2oc(-c3cccc(NC(=S)NC(=O)c4cccc(Cl)c4)c3)nc2c1. The fourth-order valence-electron chi connectivity index (χ4n) is 3.12. The maximum Gasteiger partial charge on any atom is 0.257 e. The molecule has 0 fully saturated rings. The number of thiocarbonyl (C=S) groups is 1. The van der Waals surface area contributed by atoms with Crippen molar-refractivity contribution in [1.82, 2.24) is 10.3 Å². The summed E-state index contributed by atoms with van der Waals surface area (Å²) in [5.74, 6) is 0.602. The van der Waals surface area contributed by atoms with Gasteiger partial charge >= 0.3 is 0 Å². The van der Waals surface area contributed by atoms with Crippen molar-refractivity contribution >= 4 is 51.6 Å². The summed E-state index contributed by atoms with van der Waals surface area (Å²) in [6, 6.07) is 20.2. The summed E-state index contributed by atoms with van der Waals surface area (Å²) in [6.45, 7) is 4.29. The molecule has 0 unspecified atom stereocenters. The van der Waals surface area contributed by atoms with Crippen LogP contribution in [0.2, 0.25) is 5.02 Å². The Bertz CT molecular complexity index is 1280. The summed E-state index contributed by atoms with van der Waals surface area (Å²) < 4.78 is 5.93. The number of carbonyl (C=O) groups is 1. The van der Waals surface area contributed by atoms with Crippen LogP contribution in [0.4, 0.5) is 5.69 Å². The van der Waals surface area contributed by atoms with Crippen LogP contribution < -0.4 is 10.6 Å². The zero-order valence-corrected chi connectivity index (χ0v) is 18.6. The number of carbonyl (C=O) groups excluding carboxylic acids is 1. The van der Waals surface area contributed by atoms with E-state index in [0.717, 1.165) is 16.7 Å². The van der Waals surface area contributed by atoms with Crippen LogP contribution in [0.25, 0.3) is 22.6 Å². The topological polar surface area (TPSA) is 67.2 Å². The van der Waals surface area contributed by atoms with Gasteiger partial charge in [0.05, 0.1) is 0 Å². The Kier molecular flexibility index (Phi) is 6.02. The van der Waals surface area contributed by atoms with Gasteiger partial charge in [0.1, 0.15) is 5.52 Å². The highest BCUT2D eigenvalue weighted by Gasteiger charge is 2.12. The van der Waals surface area contributed by atoms with Gasteiger partial charge in [-0.1, -0.05) is 43.6 Å². The zero-order valence-electron chi connectivity index (χ0n) is 17.0. The van der Waals surface area contributed by atoms with Crippen molar-refractivity contribution in [2.75, 3.05) is 5.32 Å². The van der Waals surface area contributed by atoms with E-state index in [1.807, 2.05) is 30.3 Å². The van der Waals surface area contributed by atoms with Crippen molar-refractivity contribution < 1.29 is 9.21 Å². The first-order valence-electron chi connectivity index (χ1n) is 9.78. The van der Waals surface area contributed by atoms with Crippen LogP contribution >= 0.6 is 23.8 Å². The third-order valence-corrected chi connectivity index (χ3v) is 5.20. The van der Waals surface area contributed by atoms with E-state index in [2.05, 4.69) is 41.6 Å². The van der Waals surface area contributed by atoms with Gasteiger partial charge in [0.2, 0.25) is 5.89 Å². The Hall–Kier alpha value is -3.22. The lowest BCUT2D eigenvalue weighted by Gasteiger charge is -2.10. The van der Waals surface area contributed by atoms with Crippen molar-refractivity contribution in [3.8, 4) is 11.5 Å². The Morgan fingerprint density at radius 1 is 1.06 bits per heavy atom. The molecule has 0 spiro atoms. The molecule has 1 amide bonds. The fraction of sp³-hybridized carbons (Fsp3) is 0.125. The van der Waals surface area contributed by atoms with E-state index in [4.69, 9.17) is 28.2 Å². The summed E-state index contributed by atoms with van der Waals surface area (Å²) in [5, 5.41) is 6.34. The predicted octanol–water partition coefficient (Wildman–Crippen LogP) is 6.40. The minimum absolute atomic E-state index is 0.182. The van der Waals surface area contributed by atoms with Gasteiger partial charge in [-0.25, -0.2) is 4.98 Å². The van der Waals surface area contributed by atoms with Crippen LogP contribution in [0.15, 0.2) is 71.1 Å². The molecule has 7 heteroatoms. The second-order valence-electron chi connectivity index (χ2n) is 7.40. The molecule has 31 heavy (non-hydrogen) atoms. The zero-order chi connectivity index (χ0) is 22.0. The second-order valence-corrected chi connectivity index (χ2v) is 8.24. The monoisotopic (exact) mass is 449 g/mol. The maximum atomic E-state index is 12.3. The minimum atomic E-state index is -0.337. The summed E-state index contributed by atoms with van der Waals surface area (Å²) >= 11 is 11.2. The first-order chi connectivity index (χ1) is 14.9. The molecule has 0 aliphatic heterocycles. The number of nitrogens with one attached hydrogen (secondary N) is 2. The van der Waals surface area contributed by atoms with Gasteiger partial charge in [-0.05, 0) is 72.2 Å². The second kappa shape index (κ2) is 8.88. The maximum absolute atomic E-state index is 12.3. The van der Waals surface area contributed by atoms with E-state index in [9.17, 15) is 4.79 Å². The largest absolute Gasteiger partial charge is 0.436 e. The first-order valence-corrected chi connectivity index (χ1v) is 10.6. The van der Waals surface area contributed by atoms with Gasteiger partial charge in [0.15, 0.2) is 10.7 Å². The number of nitrogens with zero attached hydrogens (tertiary/aromatic N) is 1. The average molecular weight is 450 g/mol. The summed E-state index contributed by atoms with van der Waals surface area (Å²) in [7, 11) is 0. The van der Waals surface area contributed by atoms with Gasteiger partial charge < -0.3 is 9.73 Å². The molecule has 0 aliphatic rings. The number of hydrogen-bond donors (Lipinski definition) is 2. The molecule has 0 aliphatic carbocycles. The molecule has 4 rings (SSSR count). The molecule has 0 atom stereocenters. The number of anilines is 1. The summed E-state index contributed by atoms with van der Waals surface area (Å²) in [6.07, 6.45) is 0. The number of benzene rings is 3. The molecule has 0 bridgehead atoms. The van der Waals surface area contributed by atoms with Crippen LogP contribution in [-0.4, -0.2) is 16.0 Å². The van der Waals surface area contributed by atoms with E-state index in [-0.39, 0.29) is 11.0 Å². The Labute approximate surface area is 190 Å². The Morgan fingerprint density at radius 2 is 1.87 bits per heavy atom. The van der Waals surface area contributed by atoms with Gasteiger partial charge in [-0.2, -0.15) is 0 Å². The van der Waals surface area contributed by atoms with Crippen LogP contribution in [-0.2, 0) is 0 Å². The molecule has 1 aromatic heterocycles. The van der Waals surface area contributed by atoms with E-state index >= 15 is 0 Å². The lowest BCUT2D eigenvalue weighted by Crippen LogP contribution is -2.34. The molecule has 156 valence electrons. The number of aromatic nitrogens is 1. The third-order valence-electron chi connectivity index (χ3n) is 4.76. The van der Waals surface area contributed by atoms with E-state index in [1.165, 1.54) is 5.56 Å². The van der Waals surface area contributed by atoms with Crippen LogP contribution in [0, 0.1) is 0 Å². The lowest BCUT2D eigenvalue weighted by atomic mass is 10.0. The van der Waals surface area contributed by atoms with Crippen molar-refractivity contribution in [1.29, 1.82) is 0 Å².